The van der Waals surface area contributed by atoms with E-state index in [0.29, 0.717) is 23.9 Å². The topological polar surface area (TPSA) is 74.7 Å². The third-order valence-corrected chi connectivity index (χ3v) is 6.02. The Labute approximate surface area is 178 Å². The summed E-state index contributed by atoms with van der Waals surface area (Å²) < 4.78 is 7.65. The molecular weight excluding hydrogens is 409 g/mol. The highest BCUT2D eigenvalue weighted by Gasteiger charge is 2.19. The summed E-state index contributed by atoms with van der Waals surface area (Å²) in [6.07, 6.45) is 1.81. The highest BCUT2D eigenvalue weighted by molar-refractivity contribution is 7.97. The predicted octanol–water partition coefficient (Wildman–Crippen LogP) is 2.93. The number of nitrogens with one attached hydrogen (secondary N) is 1. The minimum Gasteiger partial charge on any atom is -0.478 e. The van der Waals surface area contributed by atoms with Crippen LogP contribution in [0.5, 0.6) is 0 Å². The molecule has 4 rings (SSSR count). The van der Waals surface area contributed by atoms with E-state index in [1.165, 1.54) is 0 Å². The molecule has 1 aromatic heterocycles. The fraction of sp³-hybridized carbons (Fsp3) is 0.200. The lowest BCUT2D eigenvalue weighted by molar-refractivity contribution is 0.0698. The summed E-state index contributed by atoms with van der Waals surface area (Å²) in [7, 11) is 1.87. The molecule has 2 aromatic carbocycles. The summed E-state index contributed by atoms with van der Waals surface area (Å²) in [5.41, 5.74) is 3.21. The molecule has 9 heteroatoms. The molecule has 1 fully saturated rings. The molecular formula is C20H19BClN3O3S. The molecule has 0 unspecified atom stereocenters. The minimum absolute atomic E-state index is 0.222. The van der Waals surface area contributed by atoms with Gasteiger partial charge in [-0.05, 0) is 36.2 Å². The zero-order chi connectivity index (χ0) is 20.4. The third kappa shape index (κ3) is 4.51. The van der Waals surface area contributed by atoms with Crippen LogP contribution in [-0.2, 0) is 4.74 Å². The van der Waals surface area contributed by atoms with Crippen molar-refractivity contribution in [1.82, 2.24) is 9.29 Å². The van der Waals surface area contributed by atoms with Crippen LogP contribution in [-0.4, -0.2) is 54.5 Å². The molecule has 29 heavy (non-hydrogen) atoms. The van der Waals surface area contributed by atoms with Gasteiger partial charge in [0.2, 0.25) is 0 Å². The monoisotopic (exact) mass is 427 g/mol. The number of morpholine rings is 1. The first-order valence-corrected chi connectivity index (χ1v) is 10.4. The number of aromatic carboxylic acids is 1. The average molecular weight is 428 g/mol. The predicted molar refractivity (Wildman–Crippen MR) is 120 cm³/mol. The number of benzene rings is 2. The Morgan fingerprint density at radius 3 is 2.79 bits per heavy atom. The van der Waals surface area contributed by atoms with E-state index in [9.17, 15) is 9.90 Å². The summed E-state index contributed by atoms with van der Waals surface area (Å²) in [5, 5.41) is 14.4. The third-order valence-electron chi connectivity index (χ3n) is 4.66. The number of rotatable bonds is 5. The standard InChI is InChI=1S/C20H19BClN3O3S/c21-12-1-3-17(15(9-12)20(26)27)24-19-14-10-13(22)2-4-16(14)23-11-18(19)29-25-5-7-28-8-6-25/h1-4,9-11H,5-8,21H2,(H,23,24)(H,26,27). The fourth-order valence-electron chi connectivity index (χ4n) is 3.20. The van der Waals surface area contributed by atoms with Crippen LogP contribution in [0.1, 0.15) is 10.4 Å². The van der Waals surface area contributed by atoms with Gasteiger partial charge in [-0.2, -0.15) is 0 Å². The van der Waals surface area contributed by atoms with Crippen LogP contribution in [0, 0.1) is 0 Å². The SMILES string of the molecule is Bc1ccc(Nc2c(SN3CCOCC3)cnc3ccc(Cl)cc23)c(C(=O)O)c1. The van der Waals surface area contributed by atoms with Crippen molar-refractivity contribution in [2.24, 2.45) is 0 Å². The van der Waals surface area contributed by atoms with Gasteiger partial charge >= 0.3 is 5.97 Å². The molecule has 1 saturated heterocycles. The molecule has 0 aliphatic carbocycles. The van der Waals surface area contributed by atoms with Crippen molar-refractivity contribution in [1.29, 1.82) is 0 Å². The lowest BCUT2D eigenvalue weighted by atomic mass is 9.93. The Morgan fingerprint density at radius 1 is 1.24 bits per heavy atom. The van der Waals surface area contributed by atoms with Crippen LogP contribution in [0.4, 0.5) is 11.4 Å². The van der Waals surface area contributed by atoms with Gasteiger partial charge in [0.25, 0.3) is 0 Å². The summed E-state index contributed by atoms with van der Waals surface area (Å²) in [6.45, 7) is 2.98. The number of carboxylic acids is 1. The molecule has 0 spiro atoms. The number of aromatic nitrogens is 1. The maximum atomic E-state index is 11.8. The van der Waals surface area contributed by atoms with Crippen molar-refractivity contribution in [2.75, 3.05) is 31.6 Å². The first-order valence-electron chi connectivity index (χ1n) is 9.21. The average Bonchev–Trinajstić information content (AvgIpc) is 2.71. The molecule has 1 aliphatic rings. The Morgan fingerprint density at radius 2 is 2.03 bits per heavy atom. The summed E-state index contributed by atoms with van der Waals surface area (Å²) in [4.78, 5) is 17.3. The maximum absolute atomic E-state index is 11.8. The van der Waals surface area contributed by atoms with Gasteiger partial charge in [0, 0.05) is 29.7 Å². The molecule has 6 nitrogen and oxygen atoms in total. The zero-order valence-corrected chi connectivity index (χ0v) is 17.4. The molecule has 3 aromatic rings. The molecule has 0 amide bonds. The first kappa shape index (κ1) is 20.0. The van der Waals surface area contributed by atoms with Crippen LogP contribution in [0.25, 0.3) is 10.9 Å². The van der Waals surface area contributed by atoms with Crippen LogP contribution in [0.3, 0.4) is 0 Å². The molecule has 2 N–H and O–H groups in total. The van der Waals surface area contributed by atoms with Crippen molar-refractivity contribution in [3.63, 3.8) is 0 Å². The van der Waals surface area contributed by atoms with Gasteiger partial charge in [-0.15, -0.1) is 0 Å². The van der Waals surface area contributed by atoms with E-state index in [1.54, 1.807) is 30.1 Å². The van der Waals surface area contributed by atoms with E-state index >= 15 is 0 Å². The minimum atomic E-state index is -0.977. The Bertz CT molecular complexity index is 1080. The lowest BCUT2D eigenvalue weighted by Crippen LogP contribution is -2.31. The molecule has 0 saturated carbocycles. The maximum Gasteiger partial charge on any atom is 0.337 e. The van der Waals surface area contributed by atoms with E-state index in [4.69, 9.17) is 16.3 Å². The fourth-order valence-corrected chi connectivity index (χ4v) is 4.33. The smallest absolute Gasteiger partial charge is 0.337 e. The molecule has 0 atom stereocenters. The number of ether oxygens (including phenoxy) is 1. The molecule has 0 radical (unpaired) electrons. The van der Waals surface area contributed by atoms with Crippen LogP contribution in [0.2, 0.25) is 5.02 Å². The lowest BCUT2D eigenvalue weighted by Gasteiger charge is -2.26. The van der Waals surface area contributed by atoms with E-state index in [2.05, 4.69) is 14.6 Å². The second kappa shape index (κ2) is 8.63. The van der Waals surface area contributed by atoms with Gasteiger partial charge in [-0.1, -0.05) is 29.2 Å². The molecule has 148 valence electrons. The van der Waals surface area contributed by atoms with E-state index in [1.807, 2.05) is 32.2 Å². The summed E-state index contributed by atoms with van der Waals surface area (Å²) in [6, 6.07) is 10.8. The van der Waals surface area contributed by atoms with Crippen molar-refractivity contribution >= 4 is 65.1 Å². The van der Waals surface area contributed by atoms with Crippen LogP contribution >= 0.6 is 23.5 Å². The number of pyridine rings is 1. The summed E-state index contributed by atoms with van der Waals surface area (Å²) >= 11 is 7.84. The zero-order valence-electron chi connectivity index (χ0n) is 15.8. The van der Waals surface area contributed by atoms with Gasteiger partial charge in [0.15, 0.2) is 0 Å². The van der Waals surface area contributed by atoms with Crippen molar-refractivity contribution in [2.45, 2.75) is 4.90 Å². The number of hydrogen-bond acceptors (Lipinski definition) is 6. The van der Waals surface area contributed by atoms with Crippen molar-refractivity contribution in [3.8, 4) is 0 Å². The quantitative estimate of drug-likeness (QED) is 0.479. The molecule has 2 heterocycles. The highest BCUT2D eigenvalue weighted by Crippen LogP contribution is 2.38. The van der Waals surface area contributed by atoms with Crippen LogP contribution < -0.4 is 10.8 Å². The summed E-state index contributed by atoms with van der Waals surface area (Å²) in [5.74, 6) is -0.977. The number of carboxylic acid groups (broad SMARTS) is 1. The van der Waals surface area contributed by atoms with Gasteiger partial charge < -0.3 is 15.2 Å². The number of hydrogen-bond donors (Lipinski definition) is 2. The van der Waals surface area contributed by atoms with Crippen LogP contribution in [0.15, 0.2) is 47.5 Å². The molecule has 0 bridgehead atoms. The van der Waals surface area contributed by atoms with Crippen molar-refractivity contribution in [3.05, 3.63) is 53.2 Å². The second-order valence-corrected chi connectivity index (χ2v) is 8.35. The van der Waals surface area contributed by atoms with Gasteiger partial charge in [0.05, 0.1) is 40.6 Å². The Hall–Kier alpha value is -2.26. The molecule has 1 aliphatic heterocycles. The normalized spacial score (nSPS) is 14.8. The second-order valence-electron chi connectivity index (χ2n) is 6.77. The number of halogens is 1. The van der Waals surface area contributed by atoms with Crippen molar-refractivity contribution < 1.29 is 14.6 Å². The van der Waals surface area contributed by atoms with Gasteiger partial charge in [-0.25, -0.2) is 9.10 Å². The van der Waals surface area contributed by atoms with E-state index in [-0.39, 0.29) is 5.56 Å². The largest absolute Gasteiger partial charge is 0.478 e. The highest BCUT2D eigenvalue weighted by atomic mass is 35.5. The number of anilines is 2. The first-order chi connectivity index (χ1) is 14.0. The van der Waals surface area contributed by atoms with Gasteiger partial charge in [0.1, 0.15) is 7.85 Å². The Balaban J connectivity index is 1.81. The number of fused-ring (bicyclic) bond motifs is 1. The van der Waals surface area contributed by atoms with E-state index in [0.717, 1.165) is 40.0 Å². The number of carbonyl (C=O) groups is 1. The Kier molecular flexibility index (Phi) is 5.96. The van der Waals surface area contributed by atoms with E-state index < -0.39 is 5.97 Å². The number of nitrogens with zero attached hydrogens (tertiary/aromatic N) is 2. The van der Waals surface area contributed by atoms with Gasteiger partial charge in [-0.3, -0.25) is 4.98 Å².